The minimum atomic E-state index is -0.592. The second-order valence-electron chi connectivity index (χ2n) is 7.62. The number of aromatic nitrogens is 2. The van der Waals surface area contributed by atoms with E-state index in [0.717, 1.165) is 25.9 Å². The zero-order valence-electron chi connectivity index (χ0n) is 14.6. The van der Waals surface area contributed by atoms with Crippen molar-refractivity contribution < 1.29 is 14.7 Å². The molecule has 1 saturated heterocycles. The summed E-state index contributed by atoms with van der Waals surface area (Å²) in [6.07, 6.45) is 9.40. The Morgan fingerprint density at radius 2 is 1.88 bits per heavy atom. The standard InChI is InChI=1S/C19H24N4O3/c24-17-8-14-10-23(19(26)12-3-1-2-4-12)9-13(14)7-16(17)22-18(25)15-5-6-20-11-21-15/h1-2,5-6,11-14,16-17,24H,3-4,7-10H2,(H,22,25)/t13-,14+,16-,17-/m0/s1. The summed E-state index contributed by atoms with van der Waals surface area (Å²) in [5.74, 6) is 0.676. The van der Waals surface area contributed by atoms with E-state index in [0.29, 0.717) is 30.4 Å². The minimum absolute atomic E-state index is 0.0911. The van der Waals surface area contributed by atoms with E-state index in [1.54, 1.807) is 6.07 Å². The maximum absolute atomic E-state index is 12.7. The monoisotopic (exact) mass is 356 g/mol. The quantitative estimate of drug-likeness (QED) is 0.780. The molecule has 0 unspecified atom stereocenters. The SMILES string of the molecule is O=C(N[C@H]1C[C@H]2CN(C(=O)C3CC=CC3)C[C@H]2C[C@@H]1O)c1ccncn1. The summed E-state index contributed by atoms with van der Waals surface area (Å²) >= 11 is 0. The molecule has 1 aromatic rings. The van der Waals surface area contributed by atoms with Crippen LogP contribution >= 0.6 is 0 Å². The third kappa shape index (κ3) is 3.35. The molecule has 4 rings (SSSR count). The number of allylic oxidation sites excluding steroid dienone is 2. The number of hydrogen-bond acceptors (Lipinski definition) is 5. The maximum atomic E-state index is 12.7. The fourth-order valence-electron chi connectivity index (χ4n) is 4.51. The van der Waals surface area contributed by atoms with Gasteiger partial charge in [-0.15, -0.1) is 0 Å². The lowest BCUT2D eigenvalue weighted by atomic mass is 9.77. The summed E-state index contributed by atoms with van der Waals surface area (Å²) in [6, 6.07) is 1.25. The van der Waals surface area contributed by atoms with Gasteiger partial charge >= 0.3 is 0 Å². The molecule has 3 aliphatic rings. The summed E-state index contributed by atoms with van der Waals surface area (Å²) in [7, 11) is 0. The van der Waals surface area contributed by atoms with E-state index in [-0.39, 0.29) is 23.8 Å². The molecular weight excluding hydrogens is 332 g/mol. The van der Waals surface area contributed by atoms with Gasteiger partial charge in [0, 0.05) is 25.2 Å². The maximum Gasteiger partial charge on any atom is 0.270 e. The van der Waals surface area contributed by atoms with Crippen LogP contribution < -0.4 is 5.32 Å². The molecular formula is C19H24N4O3. The van der Waals surface area contributed by atoms with Crippen molar-refractivity contribution in [3.05, 3.63) is 36.4 Å². The Hall–Kier alpha value is -2.28. The van der Waals surface area contributed by atoms with Crippen LogP contribution in [0.1, 0.15) is 36.2 Å². The molecule has 2 amide bonds. The van der Waals surface area contributed by atoms with Crippen LogP contribution in [0.3, 0.4) is 0 Å². The molecule has 2 heterocycles. The van der Waals surface area contributed by atoms with Gasteiger partial charge in [0.05, 0.1) is 12.1 Å². The molecule has 7 heteroatoms. The first kappa shape index (κ1) is 17.1. The van der Waals surface area contributed by atoms with Crippen molar-refractivity contribution >= 4 is 11.8 Å². The Morgan fingerprint density at radius 3 is 2.58 bits per heavy atom. The van der Waals surface area contributed by atoms with E-state index in [1.807, 2.05) is 4.90 Å². The molecule has 2 aliphatic carbocycles. The largest absolute Gasteiger partial charge is 0.391 e. The number of nitrogens with zero attached hydrogens (tertiary/aromatic N) is 3. The summed E-state index contributed by atoms with van der Waals surface area (Å²) < 4.78 is 0. The molecule has 26 heavy (non-hydrogen) atoms. The van der Waals surface area contributed by atoms with Crippen LogP contribution in [0.4, 0.5) is 0 Å². The zero-order chi connectivity index (χ0) is 18.1. The highest BCUT2D eigenvalue weighted by Crippen LogP contribution is 2.37. The molecule has 2 fully saturated rings. The molecule has 7 nitrogen and oxygen atoms in total. The molecule has 0 bridgehead atoms. The van der Waals surface area contributed by atoms with Gasteiger partial charge in [-0.25, -0.2) is 9.97 Å². The summed E-state index contributed by atoms with van der Waals surface area (Å²) in [5, 5.41) is 13.4. The van der Waals surface area contributed by atoms with Crippen LogP contribution in [-0.2, 0) is 4.79 Å². The molecule has 1 saturated carbocycles. The predicted molar refractivity (Wildman–Crippen MR) is 94.0 cm³/mol. The van der Waals surface area contributed by atoms with Crippen LogP contribution in [0.2, 0.25) is 0 Å². The predicted octanol–water partition coefficient (Wildman–Crippen LogP) is 0.770. The summed E-state index contributed by atoms with van der Waals surface area (Å²) in [4.78, 5) is 34.7. The number of carbonyl (C=O) groups excluding carboxylic acids is 2. The molecule has 2 N–H and O–H groups in total. The van der Waals surface area contributed by atoms with Crippen LogP contribution in [0.15, 0.2) is 30.7 Å². The van der Waals surface area contributed by atoms with E-state index < -0.39 is 6.10 Å². The van der Waals surface area contributed by atoms with Crippen molar-refractivity contribution in [2.45, 2.75) is 37.8 Å². The first-order valence-corrected chi connectivity index (χ1v) is 9.30. The number of hydrogen-bond donors (Lipinski definition) is 2. The first-order chi connectivity index (χ1) is 12.6. The number of likely N-dealkylation sites (tertiary alicyclic amines) is 1. The third-order valence-electron chi connectivity index (χ3n) is 5.94. The number of rotatable bonds is 3. The second kappa shape index (κ2) is 7.15. The van der Waals surface area contributed by atoms with Gasteiger partial charge in [-0.1, -0.05) is 12.2 Å². The van der Waals surface area contributed by atoms with E-state index >= 15 is 0 Å². The van der Waals surface area contributed by atoms with E-state index in [2.05, 4.69) is 27.4 Å². The van der Waals surface area contributed by atoms with Gasteiger partial charge in [-0.05, 0) is 43.6 Å². The number of amides is 2. The molecule has 0 spiro atoms. The van der Waals surface area contributed by atoms with Crippen molar-refractivity contribution in [2.24, 2.45) is 17.8 Å². The Bertz CT molecular complexity index is 700. The van der Waals surface area contributed by atoms with Gasteiger partial charge in [0.25, 0.3) is 5.91 Å². The molecule has 1 aromatic heterocycles. The van der Waals surface area contributed by atoms with E-state index in [9.17, 15) is 14.7 Å². The number of nitrogens with one attached hydrogen (secondary N) is 1. The molecule has 0 radical (unpaired) electrons. The number of fused-ring (bicyclic) bond motifs is 1. The van der Waals surface area contributed by atoms with Gasteiger partial charge in [0.15, 0.2) is 0 Å². The summed E-state index contributed by atoms with van der Waals surface area (Å²) in [6.45, 7) is 1.45. The molecule has 4 atom stereocenters. The summed E-state index contributed by atoms with van der Waals surface area (Å²) in [5.41, 5.74) is 0.297. The molecule has 1 aliphatic heterocycles. The Balaban J connectivity index is 1.37. The Kier molecular flexibility index (Phi) is 4.72. The second-order valence-corrected chi connectivity index (χ2v) is 7.62. The zero-order valence-corrected chi connectivity index (χ0v) is 14.6. The van der Waals surface area contributed by atoms with Gasteiger partial charge in [0.2, 0.25) is 5.91 Å². The van der Waals surface area contributed by atoms with Crippen LogP contribution in [-0.4, -0.2) is 57.0 Å². The average Bonchev–Trinajstić information content (AvgIpc) is 3.32. The lowest BCUT2D eigenvalue weighted by Gasteiger charge is -2.35. The van der Waals surface area contributed by atoms with Crippen molar-refractivity contribution in [3.8, 4) is 0 Å². The Morgan fingerprint density at radius 1 is 1.15 bits per heavy atom. The van der Waals surface area contributed by atoms with Gasteiger partial charge in [-0.3, -0.25) is 9.59 Å². The van der Waals surface area contributed by atoms with E-state index in [1.165, 1.54) is 12.5 Å². The van der Waals surface area contributed by atoms with Crippen molar-refractivity contribution in [2.75, 3.05) is 13.1 Å². The lowest BCUT2D eigenvalue weighted by molar-refractivity contribution is -0.134. The first-order valence-electron chi connectivity index (χ1n) is 9.30. The van der Waals surface area contributed by atoms with E-state index in [4.69, 9.17) is 0 Å². The topological polar surface area (TPSA) is 95.4 Å². The van der Waals surface area contributed by atoms with Gasteiger partial charge in [-0.2, -0.15) is 0 Å². The lowest BCUT2D eigenvalue weighted by Crippen LogP contribution is -2.49. The van der Waals surface area contributed by atoms with Crippen LogP contribution in [0, 0.1) is 17.8 Å². The highest BCUT2D eigenvalue weighted by molar-refractivity contribution is 5.92. The van der Waals surface area contributed by atoms with Crippen molar-refractivity contribution in [1.82, 2.24) is 20.2 Å². The fourth-order valence-corrected chi connectivity index (χ4v) is 4.51. The van der Waals surface area contributed by atoms with Gasteiger partial charge in [0.1, 0.15) is 12.0 Å². The normalized spacial score (nSPS) is 31.0. The molecule has 0 aromatic carbocycles. The number of carbonyl (C=O) groups is 2. The third-order valence-corrected chi connectivity index (χ3v) is 5.94. The number of aliphatic hydroxyl groups is 1. The Labute approximate surface area is 152 Å². The minimum Gasteiger partial charge on any atom is -0.391 e. The fraction of sp³-hybridized carbons (Fsp3) is 0.579. The smallest absolute Gasteiger partial charge is 0.270 e. The van der Waals surface area contributed by atoms with Crippen molar-refractivity contribution in [1.29, 1.82) is 0 Å². The number of aliphatic hydroxyl groups excluding tert-OH is 1. The van der Waals surface area contributed by atoms with Crippen LogP contribution in [0.25, 0.3) is 0 Å². The van der Waals surface area contributed by atoms with Gasteiger partial charge < -0.3 is 15.3 Å². The average molecular weight is 356 g/mol. The highest BCUT2D eigenvalue weighted by atomic mass is 16.3. The molecule has 138 valence electrons. The highest BCUT2D eigenvalue weighted by Gasteiger charge is 2.44. The van der Waals surface area contributed by atoms with Crippen molar-refractivity contribution in [3.63, 3.8) is 0 Å². The van der Waals surface area contributed by atoms with Crippen LogP contribution in [0.5, 0.6) is 0 Å².